The molecule has 3 heteroatoms. The summed E-state index contributed by atoms with van der Waals surface area (Å²) >= 11 is 0. The van der Waals surface area contributed by atoms with Gasteiger partial charge in [0, 0.05) is 5.56 Å². The molecule has 17 heavy (non-hydrogen) atoms. The number of anilines is 1. The summed E-state index contributed by atoms with van der Waals surface area (Å²) in [6.45, 7) is 0. The SMILES string of the molecule is Nc1[nH]ncc1-c1cccc(C2CCCC2)c1. The lowest BCUT2D eigenvalue weighted by molar-refractivity contribution is 0.723. The van der Waals surface area contributed by atoms with E-state index in [1.54, 1.807) is 6.20 Å². The minimum atomic E-state index is 0.647. The number of aromatic amines is 1. The van der Waals surface area contributed by atoms with Crippen molar-refractivity contribution >= 4 is 5.82 Å². The molecule has 0 spiro atoms. The van der Waals surface area contributed by atoms with Gasteiger partial charge in [0.15, 0.2) is 0 Å². The van der Waals surface area contributed by atoms with Crippen molar-refractivity contribution in [2.24, 2.45) is 0 Å². The Hall–Kier alpha value is -1.77. The molecule has 0 amide bonds. The molecule has 88 valence electrons. The summed E-state index contributed by atoms with van der Waals surface area (Å²) in [6, 6.07) is 8.71. The Balaban J connectivity index is 1.96. The molecule has 1 fully saturated rings. The lowest BCUT2D eigenvalue weighted by Gasteiger charge is -2.10. The monoisotopic (exact) mass is 227 g/mol. The van der Waals surface area contributed by atoms with Gasteiger partial charge in [0.2, 0.25) is 0 Å². The zero-order valence-electron chi connectivity index (χ0n) is 9.82. The maximum atomic E-state index is 5.86. The smallest absolute Gasteiger partial charge is 0.126 e. The Morgan fingerprint density at radius 1 is 1.24 bits per heavy atom. The summed E-state index contributed by atoms with van der Waals surface area (Å²) in [6.07, 6.45) is 7.17. The van der Waals surface area contributed by atoms with E-state index in [0.29, 0.717) is 5.82 Å². The van der Waals surface area contributed by atoms with Crippen LogP contribution >= 0.6 is 0 Å². The number of H-pyrrole nitrogens is 1. The Kier molecular flexibility index (Phi) is 2.59. The molecule has 0 atom stereocenters. The van der Waals surface area contributed by atoms with Gasteiger partial charge in [-0.3, -0.25) is 5.10 Å². The van der Waals surface area contributed by atoms with Crippen LogP contribution in [0.1, 0.15) is 37.2 Å². The Morgan fingerprint density at radius 3 is 2.76 bits per heavy atom. The second-order valence-corrected chi connectivity index (χ2v) is 4.80. The van der Waals surface area contributed by atoms with Crippen LogP contribution in [-0.2, 0) is 0 Å². The minimum absolute atomic E-state index is 0.647. The first-order chi connectivity index (χ1) is 8.34. The highest BCUT2D eigenvalue weighted by Gasteiger charge is 2.17. The van der Waals surface area contributed by atoms with Crippen LogP contribution in [0.2, 0.25) is 0 Å². The van der Waals surface area contributed by atoms with E-state index in [1.165, 1.54) is 36.8 Å². The Morgan fingerprint density at radius 2 is 2.06 bits per heavy atom. The van der Waals surface area contributed by atoms with Gasteiger partial charge in [-0.1, -0.05) is 37.1 Å². The molecule has 1 aromatic heterocycles. The van der Waals surface area contributed by atoms with Crippen molar-refractivity contribution in [3.8, 4) is 11.1 Å². The van der Waals surface area contributed by atoms with E-state index in [0.717, 1.165) is 11.5 Å². The van der Waals surface area contributed by atoms with Crippen LogP contribution in [0.15, 0.2) is 30.5 Å². The zero-order chi connectivity index (χ0) is 11.7. The van der Waals surface area contributed by atoms with Crippen LogP contribution in [0, 0.1) is 0 Å². The lowest BCUT2D eigenvalue weighted by atomic mass is 9.94. The largest absolute Gasteiger partial charge is 0.384 e. The quantitative estimate of drug-likeness (QED) is 0.827. The molecule has 1 heterocycles. The van der Waals surface area contributed by atoms with Crippen molar-refractivity contribution < 1.29 is 0 Å². The third-order valence-corrected chi connectivity index (χ3v) is 3.69. The molecule has 0 unspecified atom stereocenters. The molecule has 0 aliphatic heterocycles. The van der Waals surface area contributed by atoms with E-state index >= 15 is 0 Å². The Bertz CT molecular complexity index is 510. The van der Waals surface area contributed by atoms with Gasteiger partial charge < -0.3 is 5.73 Å². The fourth-order valence-corrected chi connectivity index (χ4v) is 2.75. The molecule has 0 bridgehead atoms. The molecule has 0 saturated heterocycles. The number of hydrogen-bond acceptors (Lipinski definition) is 2. The number of hydrogen-bond donors (Lipinski definition) is 2. The van der Waals surface area contributed by atoms with E-state index in [-0.39, 0.29) is 0 Å². The number of aromatic nitrogens is 2. The van der Waals surface area contributed by atoms with Crippen LogP contribution in [0.3, 0.4) is 0 Å². The van der Waals surface area contributed by atoms with E-state index < -0.39 is 0 Å². The first-order valence-corrected chi connectivity index (χ1v) is 6.24. The summed E-state index contributed by atoms with van der Waals surface area (Å²) < 4.78 is 0. The van der Waals surface area contributed by atoms with Crippen molar-refractivity contribution in [3.05, 3.63) is 36.0 Å². The summed E-state index contributed by atoms with van der Waals surface area (Å²) in [5.41, 5.74) is 9.47. The van der Waals surface area contributed by atoms with Crippen LogP contribution in [0.25, 0.3) is 11.1 Å². The van der Waals surface area contributed by atoms with Gasteiger partial charge in [0.1, 0.15) is 5.82 Å². The van der Waals surface area contributed by atoms with Crippen molar-refractivity contribution in [3.63, 3.8) is 0 Å². The van der Waals surface area contributed by atoms with Gasteiger partial charge in [-0.15, -0.1) is 0 Å². The van der Waals surface area contributed by atoms with Crippen molar-refractivity contribution in [1.82, 2.24) is 10.2 Å². The predicted molar refractivity (Wildman–Crippen MR) is 69.6 cm³/mol. The van der Waals surface area contributed by atoms with E-state index in [9.17, 15) is 0 Å². The molecule has 1 aromatic carbocycles. The average Bonchev–Trinajstić information content (AvgIpc) is 2.99. The number of rotatable bonds is 2. The van der Waals surface area contributed by atoms with Gasteiger partial charge in [-0.05, 0) is 29.9 Å². The van der Waals surface area contributed by atoms with Crippen LogP contribution in [0.4, 0.5) is 5.82 Å². The van der Waals surface area contributed by atoms with Crippen molar-refractivity contribution in [2.75, 3.05) is 5.73 Å². The Labute approximate surface area is 101 Å². The molecule has 1 aliphatic rings. The number of nitrogens with zero attached hydrogens (tertiary/aromatic N) is 1. The first-order valence-electron chi connectivity index (χ1n) is 6.24. The molecule has 1 saturated carbocycles. The maximum absolute atomic E-state index is 5.86. The highest BCUT2D eigenvalue weighted by molar-refractivity contribution is 5.73. The van der Waals surface area contributed by atoms with E-state index in [4.69, 9.17) is 5.73 Å². The molecule has 1 aliphatic carbocycles. The normalized spacial score (nSPS) is 16.5. The maximum Gasteiger partial charge on any atom is 0.126 e. The third kappa shape index (κ3) is 1.93. The first kappa shape index (κ1) is 10.4. The second kappa shape index (κ2) is 4.24. The molecule has 3 rings (SSSR count). The van der Waals surface area contributed by atoms with Gasteiger partial charge in [0.25, 0.3) is 0 Å². The van der Waals surface area contributed by atoms with Crippen LogP contribution in [-0.4, -0.2) is 10.2 Å². The summed E-state index contributed by atoms with van der Waals surface area (Å²) in [5, 5.41) is 6.76. The van der Waals surface area contributed by atoms with E-state index in [1.807, 2.05) is 0 Å². The lowest BCUT2D eigenvalue weighted by Crippen LogP contribution is -1.93. The summed E-state index contributed by atoms with van der Waals surface area (Å²) in [7, 11) is 0. The third-order valence-electron chi connectivity index (χ3n) is 3.69. The molecule has 2 aromatic rings. The van der Waals surface area contributed by atoms with Gasteiger partial charge in [-0.25, -0.2) is 0 Å². The topological polar surface area (TPSA) is 54.7 Å². The molecular formula is C14H17N3. The standard InChI is InChI=1S/C14H17N3/c15-14-13(9-16-17-14)12-7-3-6-11(8-12)10-4-1-2-5-10/h3,6-10H,1-2,4-5H2,(H3,15,16,17). The minimum Gasteiger partial charge on any atom is -0.384 e. The molecule has 3 nitrogen and oxygen atoms in total. The van der Waals surface area contributed by atoms with Gasteiger partial charge in [0.05, 0.1) is 6.20 Å². The van der Waals surface area contributed by atoms with Crippen LogP contribution in [0.5, 0.6) is 0 Å². The highest BCUT2D eigenvalue weighted by Crippen LogP contribution is 2.36. The average molecular weight is 227 g/mol. The molecular weight excluding hydrogens is 210 g/mol. The summed E-state index contributed by atoms with van der Waals surface area (Å²) in [5.74, 6) is 1.39. The number of nitrogens with two attached hydrogens (primary N) is 1. The predicted octanol–water partition coefficient (Wildman–Crippen LogP) is 3.32. The number of nitrogens with one attached hydrogen (secondary N) is 1. The second-order valence-electron chi connectivity index (χ2n) is 4.80. The fourth-order valence-electron chi connectivity index (χ4n) is 2.75. The molecule has 3 N–H and O–H groups in total. The van der Waals surface area contributed by atoms with Crippen molar-refractivity contribution in [1.29, 1.82) is 0 Å². The summed E-state index contributed by atoms with van der Waals surface area (Å²) in [4.78, 5) is 0. The van der Waals surface area contributed by atoms with Gasteiger partial charge >= 0.3 is 0 Å². The zero-order valence-corrected chi connectivity index (χ0v) is 9.82. The fraction of sp³-hybridized carbons (Fsp3) is 0.357. The molecule has 0 radical (unpaired) electrons. The van der Waals surface area contributed by atoms with Crippen molar-refractivity contribution in [2.45, 2.75) is 31.6 Å². The highest BCUT2D eigenvalue weighted by atomic mass is 15.1. The van der Waals surface area contributed by atoms with Gasteiger partial charge in [-0.2, -0.15) is 5.10 Å². The number of nitrogen functional groups attached to an aromatic ring is 1. The number of benzene rings is 1. The van der Waals surface area contributed by atoms with Crippen LogP contribution < -0.4 is 5.73 Å². The van der Waals surface area contributed by atoms with E-state index in [2.05, 4.69) is 34.5 Å².